The van der Waals surface area contributed by atoms with Gasteiger partial charge in [0, 0.05) is 18.8 Å². The molecule has 2 rings (SSSR count). The van der Waals surface area contributed by atoms with Crippen LogP contribution in [0.25, 0.3) is 0 Å². The Hall–Kier alpha value is -1.02. The Balaban J connectivity index is 1.99. The third-order valence-corrected chi connectivity index (χ3v) is 3.34. The minimum Gasteiger partial charge on any atom is -0.399 e. The molecular formula is C14H22N2. The predicted octanol–water partition coefficient (Wildman–Crippen LogP) is 2.89. The van der Waals surface area contributed by atoms with E-state index in [1.54, 1.807) is 0 Å². The van der Waals surface area contributed by atoms with Crippen molar-refractivity contribution >= 4 is 5.69 Å². The Morgan fingerprint density at radius 2 is 2.19 bits per heavy atom. The van der Waals surface area contributed by atoms with Crippen molar-refractivity contribution in [1.82, 2.24) is 4.90 Å². The lowest BCUT2D eigenvalue weighted by Crippen LogP contribution is -2.39. The van der Waals surface area contributed by atoms with Gasteiger partial charge in [0.2, 0.25) is 0 Å². The molecule has 1 heterocycles. The first-order valence-corrected chi connectivity index (χ1v) is 6.12. The number of rotatable bonds is 2. The van der Waals surface area contributed by atoms with Gasteiger partial charge in [0.05, 0.1) is 0 Å². The largest absolute Gasteiger partial charge is 0.399 e. The minimum atomic E-state index is 0.471. The zero-order valence-electron chi connectivity index (χ0n) is 10.4. The second-order valence-corrected chi connectivity index (χ2v) is 5.72. The van der Waals surface area contributed by atoms with E-state index in [0.717, 1.165) is 12.2 Å². The lowest BCUT2D eigenvalue weighted by Gasteiger charge is -2.38. The molecule has 2 nitrogen and oxygen atoms in total. The highest BCUT2D eigenvalue weighted by Gasteiger charge is 2.25. The molecule has 2 heteroatoms. The number of benzene rings is 1. The Morgan fingerprint density at radius 1 is 1.38 bits per heavy atom. The summed E-state index contributed by atoms with van der Waals surface area (Å²) in [7, 11) is 0. The summed E-state index contributed by atoms with van der Waals surface area (Å²) in [6.45, 7) is 8.17. The molecule has 88 valence electrons. The van der Waals surface area contributed by atoms with E-state index in [4.69, 9.17) is 5.73 Å². The Labute approximate surface area is 98.4 Å². The summed E-state index contributed by atoms with van der Waals surface area (Å²) in [4.78, 5) is 2.54. The predicted molar refractivity (Wildman–Crippen MR) is 69.1 cm³/mol. The zero-order chi connectivity index (χ0) is 11.6. The molecule has 0 aromatic heterocycles. The lowest BCUT2D eigenvalue weighted by atomic mass is 9.84. The fourth-order valence-corrected chi connectivity index (χ4v) is 2.63. The molecule has 2 N–H and O–H groups in total. The van der Waals surface area contributed by atoms with Gasteiger partial charge < -0.3 is 5.73 Å². The lowest BCUT2D eigenvalue weighted by molar-refractivity contribution is 0.112. The molecule has 1 aromatic rings. The number of anilines is 1. The van der Waals surface area contributed by atoms with Crippen molar-refractivity contribution in [3.8, 4) is 0 Å². The van der Waals surface area contributed by atoms with Gasteiger partial charge in [-0.25, -0.2) is 0 Å². The number of piperidine rings is 1. The normalized spacial score (nSPS) is 20.9. The van der Waals surface area contributed by atoms with Crippen molar-refractivity contribution in [3.05, 3.63) is 29.8 Å². The van der Waals surface area contributed by atoms with Crippen molar-refractivity contribution in [3.63, 3.8) is 0 Å². The van der Waals surface area contributed by atoms with E-state index in [-0.39, 0.29) is 0 Å². The smallest absolute Gasteiger partial charge is 0.0317 e. The Morgan fingerprint density at radius 3 is 2.88 bits per heavy atom. The molecule has 1 fully saturated rings. The van der Waals surface area contributed by atoms with Crippen molar-refractivity contribution in [2.45, 2.75) is 33.2 Å². The third kappa shape index (κ3) is 2.99. The number of likely N-dealkylation sites (tertiary alicyclic amines) is 1. The standard InChI is InChI=1S/C14H22N2/c1-14(2)7-4-8-16(11-14)10-12-5-3-6-13(15)9-12/h3,5-6,9H,4,7-8,10-11,15H2,1-2H3. The summed E-state index contributed by atoms with van der Waals surface area (Å²) in [5, 5.41) is 0. The van der Waals surface area contributed by atoms with Crippen molar-refractivity contribution < 1.29 is 0 Å². The molecule has 0 unspecified atom stereocenters. The van der Waals surface area contributed by atoms with Crippen LogP contribution in [-0.4, -0.2) is 18.0 Å². The minimum absolute atomic E-state index is 0.471. The second kappa shape index (κ2) is 4.46. The molecule has 0 radical (unpaired) electrons. The van der Waals surface area contributed by atoms with Crippen molar-refractivity contribution in [2.24, 2.45) is 5.41 Å². The first kappa shape index (κ1) is 11.5. The molecule has 0 atom stereocenters. The van der Waals surface area contributed by atoms with E-state index in [1.165, 1.54) is 31.5 Å². The van der Waals surface area contributed by atoms with Gasteiger partial charge in [-0.05, 0) is 42.5 Å². The Kier molecular flexibility index (Phi) is 3.20. The highest BCUT2D eigenvalue weighted by molar-refractivity contribution is 5.40. The average Bonchev–Trinajstić information content (AvgIpc) is 2.15. The number of hydrogen-bond donors (Lipinski definition) is 1. The summed E-state index contributed by atoms with van der Waals surface area (Å²) in [5.74, 6) is 0. The maximum absolute atomic E-state index is 5.80. The van der Waals surface area contributed by atoms with Crippen LogP contribution in [-0.2, 0) is 6.54 Å². The molecule has 1 saturated heterocycles. The van der Waals surface area contributed by atoms with Crippen LogP contribution in [0.2, 0.25) is 0 Å². The van der Waals surface area contributed by atoms with E-state index in [1.807, 2.05) is 12.1 Å². The fraction of sp³-hybridized carbons (Fsp3) is 0.571. The van der Waals surface area contributed by atoms with Gasteiger partial charge >= 0.3 is 0 Å². The molecule has 1 aliphatic rings. The van der Waals surface area contributed by atoms with E-state index in [9.17, 15) is 0 Å². The maximum Gasteiger partial charge on any atom is 0.0317 e. The van der Waals surface area contributed by atoms with Gasteiger partial charge in [0.1, 0.15) is 0 Å². The van der Waals surface area contributed by atoms with Crippen LogP contribution in [0.15, 0.2) is 24.3 Å². The van der Waals surface area contributed by atoms with Gasteiger partial charge in [-0.3, -0.25) is 4.90 Å². The number of nitrogens with zero attached hydrogens (tertiary/aromatic N) is 1. The van der Waals surface area contributed by atoms with Crippen LogP contribution in [0.4, 0.5) is 5.69 Å². The van der Waals surface area contributed by atoms with E-state index in [2.05, 4.69) is 30.9 Å². The molecule has 0 amide bonds. The maximum atomic E-state index is 5.80. The van der Waals surface area contributed by atoms with Gasteiger partial charge in [-0.15, -0.1) is 0 Å². The second-order valence-electron chi connectivity index (χ2n) is 5.72. The summed E-state index contributed by atoms with van der Waals surface area (Å²) in [6.07, 6.45) is 2.66. The molecular weight excluding hydrogens is 196 g/mol. The highest BCUT2D eigenvalue weighted by atomic mass is 15.1. The summed E-state index contributed by atoms with van der Waals surface area (Å²) < 4.78 is 0. The first-order chi connectivity index (χ1) is 7.55. The molecule has 16 heavy (non-hydrogen) atoms. The fourth-order valence-electron chi connectivity index (χ4n) is 2.63. The van der Waals surface area contributed by atoms with Crippen LogP contribution in [0, 0.1) is 5.41 Å². The summed E-state index contributed by atoms with van der Waals surface area (Å²) >= 11 is 0. The summed E-state index contributed by atoms with van der Waals surface area (Å²) in [6, 6.07) is 8.24. The van der Waals surface area contributed by atoms with E-state index < -0.39 is 0 Å². The third-order valence-electron chi connectivity index (χ3n) is 3.34. The van der Waals surface area contributed by atoms with Gasteiger partial charge in [0.15, 0.2) is 0 Å². The topological polar surface area (TPSA) is 29.3 Å². The van der Waals surface area contributed by atoms with Crippen LogP contribution in [0.5, 0.6) is 0 Å². The molecule has 0 bridgehead atoms. The van der Waals surface area contributed by atoms with Gasteiger partial charge in [-0.2, -0.15) is 0 Å². The Bertz CT molecular complexity index is 358. The highest BCUT2D eigenvalue weighted by Crippen LogP contribution is 2.29. The van der Waals surface area contributed by atoms with Crippen LogP contribution < -0.4 is 5.73 Å². The van der Waals surface area contributed by atoms with E-state index in [0.29, 0.717) is 5.41 Å². The van der Waals surface area contributed by atoms with E-state index >= 15 is 0 Å². The molecule has 0 saturated carbocycles. The molecule has 1 aliphatic heterocycles. The van der Waals surface area contributed by atoms with Crippen molar-refractivity contribution in [2.75, 3.05) is 18.8 Å². The quantitative estimate of drug-likeness (QED) is 0.773. The van der Waals surface area contributed by atoms with Gasteiger partial charge in [0.25, 0.3) is 0 Å². The van der Waals surface area contributed by atoms with Crippen LogP contribution in [0.1, 0.15) is 32.3 Å². The molecule has 0 spiro atoms. The first-order valence-electron chi connectivity index (χ1n) is 6.12. The number of nitrogens with two attached hydrogens (primary N) is 1. The van der Waals surface area contributed by atoms with Gasteiger partial charge in [-0.1, -0.05) is 26.0 Å². The number of hydrogen-bond acceptors (Lipinski definition) is 2. The molecule has 1 aromatic carbocycles. The van der Waals surface area contributed by atoms with Crippen LogP contribution >= 0.6 is 0 Å². The van der Waals surface area contributed by atoms with Crippen molar-refractivity contribution in [1.29, 1.82) is 0 Å². The SMILES string of the molecule is CC1(C)CCCN(Cc2cccc(N)c2)C1. The zero-order valence-corrected chi connectivity index (χ0v) is 10.4. The average molecular weight is 218 g/mol. The number of nitrogen functional groups attached to an aromatic ring is 1. The monoisotopic (exact) mass is 218 g/mol. The molecule has 0 aliphatic carbocycles. The van der Waals surface area contributed by atoms with Crippen LogP contribution in [0.3, 0.4) is 0 Å². The summed E-state index contributed by atoms with van der Waals surface area (Å²) in [5.41, 5.74) is 8.47.